The van der Waals surface area contributed by atoms with Gasteiger partial charge in [-0.3, -0.25) is 9.59 Å². The van der Waals surface area contributed by atoms with Crippen LogP contribution in [-0.4, -0.2) is 29.3 Å². The Bertz CT molecular complexity index is 1060. The van der Waals surface area contributed by atoms with Gasteiger partial charge in [-0.2, -0.15) is 0 Å². The first-order valence-electron chi connectivity index (χ1n) is 8.07. The normalized spacial score (nSPS) is 11.9. The summed E-state index contributed by atoms with van der Waals surface area (Å²) >= 11 is 0. The first kappa shape index (κ1) is 18.2. The van der Waals surface area contributed by atoms with Gasteiger partial charge >= 0.3 is 11.9 Å². The predicted octanol–water partition coefficient (Wildman–Crippen LogP) is 2.89. The SMILES string of the molecule is COC(=O)C[C@H](c1ccc(C(=O)O)cc1)c1oc2ccccc2c(=O)c1O. The highest BCUT2D eigenvalue weighted by atomic mass is 16.5. The Labute approximate surface area is 153 Å². The number of hydrogen-bond donors (Lipinski definition) is 2. The first-order valence-corrected chi connectivity index (χ1v) is 8.07. The van der Waals surface area contributed by atoms with Crippen LogP contribution in [0, 0.1) is 0 Å². The van der Waals surface area contributed by atoms with Gasteiger partial charge in [0, 0.05) is 0 Å². The second-order valence-electron chi connectivity index (χ2n) is 5.90. The van der Waals surface area contributed by atoms with E-state index in [1.54, 1.807) is 18.2 Å². The molecule has 3 aromatic rings. The molecule has 138 valence electrons. The number of fused-ring (bicyclic) bond motifs is 1. The number of ether oxygens (including phenoxy) is 1. The van der Waals surface area contributed by atoms with Crippen molar-refractivity contribution in [1.29, 1.82) is 0 Å². The first-order chi connectivity index (χ1) is 12.9. The molecule has 2 aromatic carbocycles. The van der Waals surface area contributed by atoms with Crippen molar-refractivity contribution in [1.82, 2.24) is 0 Å². The molecule has 0 aliphatic carbocycles. The zero-order valence-electron chi connectivity index (χ0n) is 14.3. The summed E-state index contributed by atoms with van der Waals surface area (Å²) in [5, 5.41) is 19.7. The molecule has 0 unspecified atom stereocenters. The lowest BCUT2D eigenvalue weighted by atomic mass is 9.91. The van der Waals surface area contributed by atoms with Gasteiger partial charge in [0.25, 0.3) is 0 Å². The molecule has 0 aliphatic rings. The van der Waals surface area contributed by atoms with E-state index in [2.05, 4.69) is 0 Å². The van der Waals surface area contributed by atoms with E-state index in [9.17, 15) is 19.5 Å². The van der Waals surface area contributed by atoms with Crippen LogP contribution in [0.2, 0.25) is 0 Å². The van der Waals surface area contributed by atoms with Gasteiger partial charge in [0.05, 0.1) is 30.4 Å². The number of benzene rings is 2. The topological polar surface area (TPSA) is 114 Å². The standard InChI is InChI=1S/C20H16O7/c1-26-16(21)10-14(11-6-8-12(9-7-11)20(24)25)19-18(23)17(22)13-4-2-3-5-15(13)27-19/h2-9,14,23H,10H2,1H3,(H,24,25)/t14-/m1/s1. The highest BCUT2D eigenvalue weighted by molar-refractivity contribution is 5.87. The molecule has 2 N–H and O–H groups in total. The number of carbonyl (C=O) groups is 2. The van der Waals surface area contributed by atoms with Crippen LogP contribution in [0.4, 0.5) is 0 Å². The summed E-state index contributed by atoms with van der Waals surface area (Å²) in [6, 6.07) is 12.2. The number of aromatic hydroxyl groups is 1. The molecule has 0 saturated heterocycles. The summed E-state index contributed by atoms with van der Waals surface area (Å²) in [4.78, 5) is 35.4. The average molecular weight is 368 g/mol. The van der Waals surface area contributed by atoms with Gasteiger partial charge < -0.3 is 19.4 Å². The van der Waals surface area contributed by atoms with Crippen LogP contribution in [0.1, 0.15) is 34.0 Å². The van der Waals surface area contributed by atoms with E-state index in [4.69, 9.17) is 14.3 Å². The molecule has 0 fully saturated rings. The predicted molar refractivity (Wildman–Crippen MR) is 96.0 cm³/mol. The van der Waals surface area contributed by atoms with E-state index in [1.165, 1.54) is 37.4 Å². The maximum Gasteiger partial charge on any atom is 0.335 e. The fourth-order valence-electron chi connectivity index (χ4n) is 2.86. The van der Waals surface area contributed by atoms with Crippen molar-refractivity contribution in [2.45, 2.75) is 12.3 Å². The Hall–Kier alpha value is -3.61. The van der Waals surface area contributed by atoms with E-state index in [1.807, 2.05) is 0 Å². The Morgan fingerprint density at radius 1 is 1.11 bits per heavy atom. The van der Waals surface area contributed by atoms with Crippen molar-refractivity contribution in [2.24, 2.45) is 0 Å². The minimum atomic E-state index is -1.09. The van der Waals surface area contributed by atoms with E-state index < -0.39 is 29.0 Å². The minimum absolute atomic E-state index is 0.0692. The summed E-state index contributed by atoms with van der Waals surface area (Å²) in [6.07, 6.45) is -0.197. The molecule has 0 aliphatic heterocycles. The van der Waals surface area contributed by atoms with Crippen molar-refractivity contribution < 1.29 is 29.0 Å². The number of carboxylic acid groups (broad SMARTS) is 1. The van der Waals surface area contributed by atoms with Crippen LogP contribution in [0.5, 0.6) is 5.75 Å². The summed E-state index contributed by atoms with van der Waals surface area (Å²) < 4.78 is 10.4. The van der Waals surface area contributed by atoms with E-state index in [0.717, 1.165) is 0 Å². The molecule has 7 nitrogen and oxygen atoms in total. The minimum Gasteiger partial charge on any atom is -0.502 e. The highest BCUT2D eigenvalue weighted by Crippen LogP contribution is 2.34. The molecular weight excluding hydrogens is 352 g/mol. The van der Waals surface area contributed by atoms with Crippen molar-refractivity contribution in [2.75, 3.05) is 7.11 Å². The smallest absolute Gasteiger partial charge is 0.335 e. The number of carbonyl (C=O) groups excluding carboxylic acids is 1. The zero-order chi connectivity index (χ0) is 19.6. The highest BCUT2D eigenvalue weighted by Gasteiger charge is 2.27. The van der Waals surface area contributed by atoms with Crippen LogP contribution in [0.3, 0.4) is 0 Å². The van der Waals surface area contributed by atoms with Crippen LogP contribution in [0.25, 0.3) is 11.0 Å². The molecule has 0 amide bonds. The molecule has 0 saturated carbocycles. The summed E-state index contributed by atoms with van der Waals surface area (Å²) in [7, 11) is 1.23. The Morgan fingerprint density at radius 2 is 1.78 bits per heavy atom. The lowest BCUT2D eigenvalue weighted by molar-refractivity contribution is -0.140. The summed E-state index contributed by atoms with van der Waals surface area (Å²) in [5.74, 6) is -3.15. The largest absolute Gasteiger partial charge is 0.502 e. The van der Waals surface area contributed by atoms with Gasteiger partial charge in [-0.1, -0.05) is 24.3 Å². The van der Waals surface area contributed by atoms with Gasteiger partial charge in [-0.25, -0.2) is 4.79 Å². The number of esters is 1. The average Bonchev–Trinajstić information content (AvgIpc) is 2.69. The molecule has 7 heteroatoms. The molecule has 0 spiro atoms. The second-order valence-corrected chi connectivity index (χ2v) is 5.90. The molecule has 3 rings (SSSR count). The van der Waals surface area contributed by atoms with Crippen LogP contribution >= 0.6 is 0 Å². The third-order valence-corrected chi connectivity index (χ3v) is 4.28. The van der Waals surface area contributed by atoms with E-state index >= 15 is 0 Å². The summed E-state index contributed by atoms with van der Waals surface area (Å²) in [5.41, 5.74) is 0.232. The molecule has 1 atom stereocenters. The molecule has 1 heterocycles. The second kappa shape index (κ2) is 7.33. The number of aromatic carboxylic acids is 1. The van der Waals surface area contributed by atoms with Crippen molar-refractivity contribution >= 4 is 22.9 Å². The molecule has 1 aromatic heterocycles. The van der Waals surface area contributed by atoms with Gasteiger partial charge in [0.2, 0.25) is 11.2 Å². The Balaban J connectivity index is 2.17. The van der Waals surface area contributed by atoms with Gasteiger partial charge in [0.1, 0.15) is 5.58 Å². The number of hydrogen-bond acceptors (Lipinski definition) is 6. The van der Waals surface area contributed by atoms with Gasteiger partial charge in [-0.05, 0) is 29.8 Å². The molecule has 0 radical (unpaired) electrons. The molecule has 27 heavy (non-hydrogen) atoms. The molecule has 0 bridgehead atoms. The van der Waals surface area contributed by atoms with Crippen molar-refractivity contribution in [3.63, 3.8) is 0 Å². The monoisotopic (exact) mass is 368 g/mol. The fraction of sp³-hybridized carbons (Fsp3) is 0.150. The fourth-order valence-corrected chi connectivity index (χ4v) is 2.86. The molecular formula is C20H16O7. The van der Waals surface area contributed by atoms with Crippen LogP contribution in [0.15, 0.2) is 57.7 Å². The zero-order valence-corrected chi connectivity index (χ0v) is 14.3. The maximum absolute atomic E-state index is 12.5. The number of carboxylic acids is 1. The van der Waals surface area contributed by atoms with Crippen molar-refractivity contribution in [3.8, 4) is 5.75 Å². The summed E-state index contributed by atoms with van der Waals surface area (Å²) in [6.45, 7) is 0. The third kappa shape index (κ3) is 3.52. The maximum atomic E-state index is 12.5. The van der Waals surface area contributed by atoms with Gasteiger partial charge in [0.15, 0.2) is 5.76 Å². The van der Waals surface area contributed by atoms with Crippen molar-refractivity contribution in [3.05, 3.63) is 75.6 Å². The van der Waals surface area contributed by atoms with E-state index in [0.29, 0.717) is 5.56 Å². The Kier molecular flexibility index (Phi) is 4.94. The van der Waals surface area contributed by atoms with Crippen LogP contribution in [-0.2, 0) is 9.53 Å². The third-order valence-electron chi connectivity index (χ3n) is 4.28. The van der Waals surface area contributed by atoms with Gasteiger partial charge in [-0.15, -0.1) is 0 Å². The lowest BCUT2D eigenvalue weighted by Gasteiger charge is -2.17. The van der Waals surface area contributed by atoms with E-state index in [-0.39, 0.29) is 28.7 Å². The Morgan fingerprint density at radius 3 is 2.41 bits per heavy atom. The lowest BCUT2D eigenvalue weighted by Crippen LogP contribution is -2.14. The number of rotatable bonds is 5. The van der Waals surface area contributed by atoms with Crippen LogP contribution < -0.4 is 5.43 Å². The quantitative estimate of drug-likeness (QED) is 0.666. The number of para-hydroxylation sites is 1. The number of methoxy groups -OCH3 is 1.